The van der Waals surface area contributed by atoms with Gasteiger partial charge in [0.1, 0.15) is 0 Å². The molecule has 3 aliphatic rings. The van der Waals surface area contributed by atoms with E-state index in [-0.39, 0.29) is 21.7 Å². The number of hydrogen-bond acceptors (Lipinski definition) is 10. The Morgan fingerprint density at radius 3 is 0.587 bits per heavy atom. The summed E-state index contributed by atoms with van der Waals surface area (Å²) in [5.74, 6) is 0. The monoisotopic (exact) mass is 1350 g/mol. The van der Waals surface area contributed by atoms with Gasteiger partial charge in [0.05, 0.1) is 115 Å². The molecule has 0 amide bonds. The zero-order valence-corrected chi connectivity index (χ0v) is 60.6. The molecule has 1 aliphatic carbocycles. The fourth-order valence-corrected chi connectivity index (χ4v) is 14.5. The number of aromatic amines is 2. The Hall–Kier alpha value is -12.3. The van der Waals surface area contributed by atoms with Gasteiger partial charge in [-0.05, 0) is 22.3 Å². The number of hydrogen-bond donors (Lipinski definition) is 2. The van der Waals surface area contributed by atoms with Crippen LogP contribution in [0.4, 0.5) is 0 Å². The van der Waals surface area contributed by atoms with Crippen LogP contribution < -0.4 is 0 Å². The second-order valence-electron chi connectivity index (χ2n) is 31.5. The molecule has 0 atom stereocenters. The smallest absolute Gasteiger partial charge is 0.0885 e. The zero-order valence-electron chi connectivity index (χ0n) is 60.6. The van der Waals surface area contributed by atoms with Crippen molar-refractivity contribution >= 4 is 43.6 Å². The highest BCUT2D eigenvalue weighted by atomic mass is 14.9. The Balaban J connectivity index is 1.03. The van der Waals surface area contributed by atoms with Crippen molar-refractivity contribution in [3.8, 4) is 135 Å². The van der Waals surface area contributed by atoms with E-state index in [4.69, 9.17) is 49.8 Å². The van der Waals surface area contributed by atoms with Gasteiger partial charge in [-0.15, -0.1) is 0 Å². The number of rotatable bonds is 8. The summed E-state index contributed by atoms with van der Waals surface area (Å²) in [5.41, 5.74) is 28.5. The lowest BCUT2D eigenvalue weighted by atomic mass is 9.92. The van der Waals surface area contributed by atoms with E-state index in [0.29, 0.717) is 0 Å². The molecule has 0 radical (unpaired) electrons. The molecule has 0 fully saturated rings. The summed E-state index contributed by atoms with van der Waals surface area (Å²) in [7, 11) is 0. The van der Waals surface area contributed by atoms with Crippen LogP contribution >= 0.6 is 0 Å². The average molecular weight is 1350 g/mol. The molecule has 8 aromatic carbocycles. The van der Waals surface area contributed by atoms with Crippen molar-refractivity contribution in [3.05, 3.63) is 266 Å². The summed E-state index contributed by atoms with van der Waals surface area (Å²) >= 11 is 0. The Kier molecular flexibility index (Phi) is 15.5. The molecule has 506 valence electrons. The normalized spacial score (nSPS) is 12.4. The lowest BCUT2D eigenvalue weighted by molar-refractivity contribution is 0.565. The van der Waals surface area contributed by atoms with Gasteiger partial charge in [-0.2, -0.15) is 0 Å². The minimum atomic E-state index is -0.151. The fourth-order valence-electron chi connectivity index (χ4n) is 14.5. The first-order chi connectivity index (χ1) is 50.1. The van der Waals surface area contributed by atoms with Gasteiger partial charge >= 0.3 is 0 Å². The maximum absolute atomic E-state index is 6.16. The number of nitrogens with zero attached hydrogens (tertiary/aromatic N) is 10. The lowest BCUT2D eigenvalue weighted by Gasteiger charge is -2.17. The third-order valence-electron chi connectivity index (χ3n) is 20.3. The van der Waals surface area contributed by atoms with Crippen molar-refractivity contribution in [1.29, 1.82) is 0 Å². The third-order valence-corrected chi connectivity index (χ3v) is 20.3. The van der Waals surface area contributed by atoms with E-state index in [1.54, 1.807) is 0 Å². The molecular weight excluding hydrogens is 1270 g/mol. The van der Waals surface area contributed by atoms with Crippen LogP contribution in [0.3, 0.4) is 0 Å². The minimum Gasteiger partial charge on any atom is -0.353 e. The van der Waals surface area contributed by atoms with Crippen LogP contribution in [0.5, 0.6) is 0 Å². The molecule has 8 heterocycles. The second-order valence-corrected chi connectivity index (χ2v) is 31.5. The van der Waals surface area contributed by atoms with Crippen molar-refractivity contribution < 1.29 is 0 Å². The molecule has 6 aromatic heterocycles. The van der Waals surface area contributed by atoms with E-state index in [9.17, 15) is 0 Å². The molecule has 14 aromatic rings. The van der Waals surface area contributed by atoms with Gasteiger partial charge in [-0.1, -0.05) is 277 Å². The fraction of sp³-hybridized carbons (Fsp3) is 0.174. The first kappa shape index (κ1) is 65.1. The molecule has 0 spiro atoms. The average Bonchev–Trinajstić information content (AvgIpc) is 1.60. The molecule has 0 saturated carbocycles. The van der Waals surface area contributed by atoms with Crippen LogP contribution in [-0.2, 0) is 21.7 Å². The Bertz CT molecular complexity index is 5310. The lowest BCUT2D eigenvalue weighted by Crippen LogP contribution is -2.13. The Labute approximate surface area is 605 Å². The molecule has 2 aliphatic heterocycles. The van der Waals surface area contributed by atoms with E-state index in [2.05, 4.69) is 287 Å². The van der Waals surface area contributed by atoms with Crippen LogP contribution in [0.25, 0.3) is 178 Å². The highest BCUT2D eigenvalue weighted by molar-refractivity contribution is 6.21. The van der Waals surface area contributed by atoms with Crippen molar-refractivity contribution in [3.63, 3.8) is 0 Å². The van der Waals surface area contributed by atoms with E-state index >= 15 is 0 Å². The van der Waals surface area contributed by atoms with Gasteiger partial charge in [0.25, 0.3) is 0 Å². The van der Waals surface area contributed by atoms with Gasteiger partial charge in [0.2, 0.25) is 0 Å². The third kappa shape index (κ3) is 11.5. The van der Waals surface area contributed by atoms with Crippen LogP contribution in [-0.4, -0.2) is 59.8 Å². The zero-order chi connectivity index (χ0) is 71.6. The quantitative estimate of drug-likeness (QED) is 0.150. The van der Waals surface area contributed by atoms with Crippen LogP contribution in [0.15, 0.2) is 244 Å². The highest BCUT2D eigenvalue weighted by Crippen LogP contribution is 2.53. The molecule has 17 rings (SSSR count). The van der Waals surface area contributed by atoms with Crippen molar-refractivity contribution in [2.24, 2.45) is 0 Å². The molecular formula is C92H78N12. The first-order valence-corrected chi connectivity index (χ1v) is 35.7. The topological polar surface area (TPSA) is 160 Å². The van der Waals surface area contributed by atoms with Gasteiger partial charge < -0.3 is 9.97 Å². The van der Waals surface area contributed by atoms with Gasteiger partial charge in [-0.3, -0.25) is 39.9 Å². The summed E-state index contributed by atoms with van der Waals surface area (Å²) in [6.07, 6.45) is 15.2. The van der Waals surface area contributed by atoms with Crippen molar-refractivity contribution in [2.45, 2.75) is 105 Å². The summed E-state index contributed by atoms with van der Waals surface area (Å²) < 4.78 is 0. The van der Waals surface area contributed by atoms with Crippen LogP contribution in [0.2, 0.25) is 0 Å². The predicted octanol–water partition coefficient (Wildman–Crippen LogP) is 23.0. The standard InChI is InChI=1S/C92H78N12/c1-89(2,3)73-49-93-69(45-97-73)53-29-37-57(38-30-53)77-81-61-21-13-15-23-63(61)83(101-81)78(58-39-31-54(32-40-58)70-46-98-74(50-94-70)90(4,5)6)85-65-25-17-19-27-67(65)87(103-85)80(60-43-35-56(36-44-60)72-48-100-76(52-96-72)92(10,11)12)88-68-28-20-18-26-66(68)86(104-88)79(84-64-24-16-14-22-62(64)82(77)102-84)59-41-33-55(34-42-59)71-47-99-75(51-95-71)91(7,8)9/h13-52,101,104H,1-12H3. The summed E-state index contributed by atoms with van der Waals surface area (Å²) in [6.45, 7) is 25.9. The summed E-state index contributed by atoms with van der Waals surface area (Å²) in [6, 6.07) is 69.9. The maximum atomic E-state index is 6.16. The van der Waals surface area contributed by atoms with E-state index in [1.807, 2.05) is 49.6 Å². The largest absolute Gasteiger partial charge is 0.353 e. The molecule has 2 N–H and O–H groups in total. The molecule has 0 unspecified atom stereocenters. The SMILES string of the molecule is CC(C)(C)c1cnc(-c2ccc(-c3c4nc(c(-c5ccc(-c6cnc(C(C)(C)C)cn6)cc5)c5[nH]c(c(-c6ccc(-c7cnc(C(C)(C)C)cn7)cc6)c6nc(c(-c7ccc(-c8cnc(C(C)(C)C)cn8)cc7)c7[nH]c3c3ccccc73)-c3ccccc3-6)c3ccccc53)-c3ccccc3-4)cc2)cn1. The summed E-state index contributed by atoms with van der Waals surface area (Å²) in [4.78, 5) is 60.5. The van der Waals surface area contributed by atoms with E-state index in [1.165, 1.54) is 0 Å². The number of nitrogens with one attached hydrogen (secondary N) is 2. The van der Waals surface area contributed by atoms with Gasteiger partial charge in [0, 0.05) is 135 Å². The maximum Gasteiger partial charge on any atom is 0.0885 e. The van der Waals surface area contributed by atoms with Crippen LogP contribution in [0.1, 0.15) is 106 Å². The van der Waals surface area contributed by atoms with E-state index in [0.717, 1.165) is 201 Å². The highest BCUT2D eigenvalue weighted by Gasteiger charge is 2.31. The first-order valence-electron chi connectivity index (χ1n) is 35.7. The van der Waals surface area contributed by atoms with Crippen molar-refractivity contribution in [2.75, 3.05) is 0 Å². The van der Waals surface area contributed by atoms with Crippen molar-refractivity contribution in [1.82, 2.24) is 59.8 Å². The second kappa shape index (κ2) is 24.8. The van der Waals surface area contributed by atoms with Crippen LogP contribution in [0, 0.1) is 0 Å². The van der Waals surface area contributed by atoms with Gasteiger partial charge in [-0.25, -0.2) is 9.97 Å². The molecule has 104 heavy (non-hydrogen) atoms. The Morgan fingerprint density at radius 2 is 0.404 bits per heavy atom. The Morgan fingerprint density at radius 1 is 0.212 bits per heavy atom. The predicted molar refractivity (Wildman–Crippen MR) is 426 cm³/mol. The number of aromatic nitrogens is 12. The molecule has 8 bridgehead atoms. The van der Waals surface area contributed by atoms with Gasteiger partial charge in [0.15, 0.2) is 0 Å². The number of benzene rings is 8. The number of H-pyrrole nitrogens is 2. The molecule has 12 heteroatoms. The summed E-state index contributed by atoms with van der Waals surface area (Å²) in [5, 5.41) is 4.08. The molecule has 0 saturated heterocycles. The van der Waals surface area contributed by atoms with E-state index < -0.39 is 0 Å². The molecule has 12 nitrogen and oxygen atoms in total. The minimum absolute atomic E-state index is 0.151.